The Labute approximate surface area is 123 Å². The summed E-state index contributed by atoms with van der Waals surface area (Å²) in [7, 11) is 0. The lowest BCUT2D eigenvalue weighted by molar-refractivity contribution is 0.552. The molecular weight excluding hydrogens is 262 g/mol. The van der Waals surface area contributed by atoms with E-state index in [0.717, 1.165) is 11.1 Å². The van der Waals surface area contributed by atoms with Crippen molar-refractivity contribution in [1.29, 1.82) is 0 Å². The molecule has 3 heteroatoms. The van der Waals surface area contributed by atoms with E-state index in [1.54, 1.807) is 6.07 Å². The van der Waals surface area contributed by atoms with Crippen LogP contribution in [0.15, 0.2) is 57.7 Å². The highest BCUT2D eigenvalue weighted by Crippen LogP contribution is 2.20. The van der Waals surface area contributed by atoms with Crippen LogP contribution in [-0.2, 0) is 6.54 Å². The lowest BCUT2D eigenvalue weighted by Crippen LogP contribution is -2.12. The molecule has 0 amide bonds. The summed E-state index contributed by atoms with van der Waals surface area (Å²) in [6.45, 7) is 4.56. The van der Waals surface area contributed by atoms with Gasteiger partial charge in [-0.05, 0) is 37.1 Å². The SMILES string of the molecule is Cc1cccc(C)c1NCc1cc2ccccc2oc1=O. The maximum absolute atomic E-state index is 12.0. The summed E-state index contributed by atoms with van der Waals surface area (Å²) < 4.78 is 5.35. The molecule has 2 aromatic carbocycles. The van der Waals surface area contributed by atoms with E-state index in [0.29, 0.717) is 17.7 Å². The molecule has 106 valence electrons. The standard InChI is InChI=1S/C18H17NO2/c1-12-6-5-7-13(2)17(12)19-11-15-10-14-8-3-4-9-16(14)21-18(15)20/h3-10,19H,11H2,1-2H3. The number of aryl methyl sites for hydroxylation is 2. The fourth-order valence-electron chi connectivity index (χ4n) is 2.50. The van der Waals surface area contributed by atoms with Crippen LogP contribution in [0.25, 0.3) is 11.0 Å². The predicted molar refractivity (Wildman–Crippen MR) is 85.7 cm³/mol. The first kappa shape index (κ1) is 13.4. The quantitative estimate of drug-likeness (QED) is 0.736. The summed E-state index contributed by atoms with van der Waals surface area (Å²) in [5.41, 5.74) is 4.38. The highest BCUT2D eigenvalue weighted by atomic mass is 16.4. The van der Waals surface area contributed by atoms with Gasteiger partial charge < -0.3 is 9.73 Å². The number of anilines is 1. The van der Waals surface area contributed by atoms with E-state index in [1.807, 2.05) is 30.3 Å². The van der Waals surface area contributed by atoms with Crippen LogP contribution in [0.1, 0.15) is 16.7 Å². The van der Waals surface area contributed by atoms with Crippen molar-refractivity contribution in [2.24, 2.45) is 0 Å². The van der Waals surface area contributed by atoms with Gasteiger partial charge in [-0.3, -0.25) is 0 Å². The van der Waals surface area contributed by atoms with Gasteiger partial charge in [0.05, 0.1) is 5.56 Å². The average Bonchev–Trinajstić information content (AvgIpc) is 2.47. The zero-order chi connectivity index (χ0) is 14.8. The summed E-state index contributed by atoms with van der Waals surface area (Å²) in [6, 6.07) is 15.6. The van der Waals surface area contributed by atoms with Gasteiger partial charge in [0.15, 0.2) is 0 Å². The summed E-state index contributed by atoms with van der Waals surface area (Å²) in [5, 5.41) is 4.28. The minimum absolute atomic E-state index is 0.285. The molecule has 0 saturated heterocycles. The van der Waals surface area contributed by atoms with Crippen molar-refractivity contribution in [3.8, 4) is 0 Å². The molecule has 0 saturated carbocycles. The van der Waals surface area contributed by atoms with Crippen molar-refractivity contribution in [3.05, 3.63) is 75.6 Å². The number of rotatable bonds is 3. The molecule has 0 bridgehead atoms. The van der Waals surface area contributed by atoms with E-state index in [-0.39, 0.29) is 5.63 Å². The highest BCUT2D eigenvalue weighted by Gasteiger charge is 2.07. The Morgan fingerprint density at radius 3 is 2.48 bits per heavy atom. The Morgan fingerprint density at radius 1 is 1.00 bits per heavy atom. The molecule has 0 aliphatic heterocycles. The van der Waals surface area contributed by atoms with Crippen LogP contribution < -0.4 is 10.9 Å². The predicted octanol–water partition coefficient (Wildman–Crippen LogP) is 4.02. The minimum Gasteiger partial charge on any atom is -0.422 e. The van der Waals surface area contributed by atoms with Crippen molar-refractivity contribution in [2.45, 2.75) is 20.4 Å². The van der Waals surface area contributed by atoms with Gasteiger partial charge in [0.1, 0.15) is 5.58 Å². The summed E-state index contributed by atoms with van der Waals surface area (Å²) in [4.78, 5) is 12.0. The molecule has 3 aromatic rings. The Hall–Kier alpha value is -2.55. The van der Waals surface area contributed by atoms with Crippen LogP contribution in [0.3, 0.4) is 0 Å². The van der Waals surface area contributed by atoms with Gasteiger partial charge >= 0.3 is 5.63 Å². The van der Waals surface area contributed by atoms with Crippen LogP contribution in [0.5, 0.6) is 0 Å². The monoisotopic (exact) mass is 279 g/mol. The van der Waals surface area contributed by atoms with Crippen LogP contribution in [-0.4, -0.2) is 0 Å². The molecule has 0 unspecified atom stereocenters. The maximum Gasteiger partial charge on any atom is 0.341 e. The fourth-order valence-corrected chi connectivity index (χ4v) is 2.50. The van der Waals surface area contributed by atoms with Crippen molar-refractivity contribution >= 4 is 16.7 Å². The van der Waals surface area contributed by atoms with E-state index in [1.165, 1.54) is 11.1 Å². The third-order valence-electron chi connectivity index (χ3n) is 3.65. The number of para-hydroxylation sites is 2. The largest absolute Gasteiger partial charge is 0.422 e. The molecule has 0 fully saturated rings. The molecule has 1 heterocycles. The lowest BCUT2D eigenvalue weighted by atomic mass is 10.1. The van der Waals surface area contributed by atoms with E-state index in [4.69, 9.17) is 4.42 Å². The Balaban J connectivity index is 1.92. The lowest BCUT2D eigenvalue weighted by Gasteiger charge is -2.12. The van der Waals surface area contributed by atoms with Crippen LogP contribution in [0.4, 0.5) is 5.69 Å². The molecule has 3 nitrogen and oxygen atoms in total. The molecular formula is C18H17NO2. The molecule has 1 N–H and O–H groups in total. The molecule has 1 aromatic heterocycles. The van der Waals surface area contributed by atoms with Gasteiger partial charge in [-0.2, -0.15) is 0 Å². The van der Waals surface area contributed by atoms with Gasteiger partial charge in [-0.1, -0.05) is 36.4 Å². The fraction of sp³-hybridized carbons (Fsp3) is 0.167. The smallest absolute Gasteiger partial charge is 0.341 e. The second-order valence-corrected chi connectivity index (χ2v) is 5.22. The molecule has 0 aliphatic carbocycles. The molecule has 0 radical (unpaired) electrons. The number of hydrogen-bond acceptors (Lipinski definition) is 3. The first-order valence-electron chi connectivity index (χ1n) is 6.97. The third-order valence-corrected chi connectivity index (χ3v) is 3.65. The second kappa shape index (κ2) is 5.44. The molecule has 0 spiro atoms. The topological polar surface area (TPSA) is 42.2 Å². The zero-order valence-electron chi connectivity index (χ0n) is 12.1. The average molecular weight is 279 g/mol. The van der Waals surface area contributed by atoms with Gasteiger partial charge in [0.2, 0.25) is 0 Å². The van der Waals surface area contributed by atoms with Crippen molar-refractivity contribution < 1.29 is 4.42 Å². The molecule has 0 aliphatic rings. The molecule has 21 heavy (non-hydrogen) atoms. The van der Waals surface area contributed by atoms with Crippen LogP contribution >= 0.6 is 0 Å². The Kier molecular flexibility index (Phi) is 3.48. The van der Waals surface area contributed by atoms with E-state index in [9.17, 15) is 4.79 Å². The van der Waals surface area contributed by atoms with Crippen molar-refractivity contribution in [2.75, 3.05) is 5.32 Å². The van der Waals surface area contributed by atoms with Gasteiger partial charge in [-0.25, -0.2) is 4.79 Å². The van der Waals surface area contributed by atoms with E-state index >= 15 is 0 Å². The summed E-state index contributed by atoms with van der Waals surface area (Å²) in [5.74, 6) is 0. The highest BCUT2D eigenvalue weighted by molar-refractivity contribution is 5.76. The Bertz CT molecular complexity index is 829. The van der Waals surface area contributed by atoms with Crippen LogP contribution in [0, 0.1) is 13.8 Å². The first-order chi connectivity index (χ1) is 10.1. The number of fused-ring (bicyclic) bond motifs is 1. The van der Waals surface area contributed by atoms with Gasteiger partial charge in [0, 0.05) is 17.6 Å². The number of nitrogens with one attached hydrogen (secondary N) is 1. The van der Waals surface area contributed by atoms with Crippen LogP contribution in [0.2, 0.25) is 0 Å². The normalized spacial score (nSPS) is 10.8. The minimum atomic E-state index is -0.285. The second-order valence-electron chi connectivity index (χ2n) is 5.22. The summed E-state index contributed by atoms with van der Waals surface area (Å²) in [6.07, 6.45) is 0. The van der Waals surface area contributed by atoms with E-state index < -0.39 is 0 Å². The molecule has 3 rings (SSSR count). The van der Waals surface area contributed by atoms with E-state index in [2.05, 4.69) is 31.3 Å². The number of hydrogen-bond donors (Lipinski definition) is 1. The zero-order valence-corrected chi connectivity index (χ0v) is 12.1. The van der Waals surface area contributed by atoms with Crippen molar-refractivity contribution in [3.63, 3.8) is 0 Å². The van der Waals surface area contributed by atoms with Gasteiger partial charge in [0.25, 0.3) is 0 Å². The third kappa shape index (κ3) is 2.68. The summed E-state index contributed by atoms with van der Waals surface area (Å²) >= 11 is 0. The maximum atomic E-state index is 12.0. The molecule has 0 atom stereocenters. The van der Waals surface area contributed by atoms with Gasteiger partial charge in [-0.15, -0.1) is 0 Å². The number of benzene rings is 2. The Morgan fingerprint density at radius 2 is 1.71 bits per heavy atom. The first-order valence-corrected chi connectivity index (χ1v) is 6.97. The van der Waals surface area contributed by atoms with Crippen molar-refractivity contribution in [1.82, 2.24) is 0 Å².